The molecule has 25 heavy (non-hydrogen) atoms. The molecule has 2 aromatic rings. The summed E-state index contributed by atoms with van der Waals surface area (Å²) in [5.41, 5.74) is 7.73. The van der Waals surface area contributed by atoms with Gasteiger partial charge in [0.05, 0.1) is 11.4 Å². The molecule has 0 bridgehead atoms. The van der Waals surface area contributed by atoms with Crippen molar-refractivity contribution in [3.8, 4) is 5.75 Å². The van der Waals surface area contributed by atoms with Crippen LogP contribution in [0.2, 0.25) is 5.02 Å². The van der Waals surface area contributed by atoms with E-state index in [1.807, 2.05) is 0 Å². The van der Waals surface area contributed by atoms with Gasteiger partial charge >= 0.3 is 0 Å². The molecule has 2 aromatic carbocycles. The lowest BCUT2D eigenvalue weighted by atomic mass is 10.00. The Kier molecular flexibility index (Phi) is 4.46. The van der Waals surface area contributed by atoms with E-state index >= 15 is 0 Å². The summed E-state index contributed by atoms with van der Waals surface area (Å²) in [7, 11) is 0. The summed E-state index contributed by atoms with van der Waals surface area (Å²) in [6, 6.07) is 10.8. The van der Waals surface area contributed by atoms with Gasteiger partial charge in [0.25, 0.3) is 5.91 Å². The van der Waals surface area contributed by atoms with Crippen LogP contribution >= 0.6 is 11.6 Å². The van der Waals surface area contributed by atoms with E-state index in [1.165, 1.54) is 4.90 Å². The number of nitrogens with two attached hydrogens (primary N) is 1. The van der Waals surface area contributed by atoms with Crippen molar-refractivity contribution in [1.29, 1.82) is 0 Å². The van der Waals surface area contributed by atoms with Crippen LogP contribution in [0, 0.1) is 0 Å². The minimum absolute atomic E-state index is 0.128. The number of phenolic OH excluding ortho intramolecular Hbond substituents is 1. The fourth-order valence-electron chi connectivity index (χ4n) is 2.76. The molecule has 2 amide bonds. The van der Waals surface area contributed by atoms with Gasteiger partial charge in [0.2, 0.25) is 5.91 Å². The van der Waals surface area contributed by atoms with E-state index in [0.29, 0.717) is 22.0 Å². The second-order valence-electron chi connectivity index (χ2n) is 5.75. The van der Waals surface area contributed by atoms with E-state index in [1.54, 1.807) is 49.4 Å². The first-order valence-electron chi connectivity index (χ1n) is 7.63. The number of benzodiazepines with no additional fused rings is 1. The molecule has 6 nitrogen and oxygen atoms in total. The average Bonchev–Trinajstić information content (AvgIpc) is 2.66. The Morgan fingerprint density at radius 2 is 1.96 bits per heavy atom. The lowest BCUT2D eigenvalue weighted by molar-refractivity contribution is -0.122. The molecule has 0 radical (unpaired) electrons. The number of aromatic hydroxyl groups is 1. The Morgan fingerprint density at radius 1 is 1.28 bits per heavy atom. The third-order valence-electron chi connectivity index (χ3n) is 3.91. The van der Waals surface area contributed by atoms with Crippen molar-refractivity contribution < 1.29 is 14.7 Å². The van der Waals surface area contributed by atoms with E-state index in [-0.39, 0.29) is 18.2 Å². The molecule has 3 rings (SSSR count). The quantitative estimate of drug-likeness (QED) is 0.880. The molecule has 1 aliphatic rings. The number of primary amides is 1. The zero-order valence-electron chi connectivity index (χ0n) is 13.4. The van der Waals surface area contributed by atoms with Crippen LogP contribution in [0.15, 0.2) is 47.5 Å². The summed E-state index contributed by atoms with van der Waals surface area (Å²) in [6.07, 6.45) is 0. The lowest BCUT2D eigenvalue weighted by Gasteiger charge is -2.23. The second-order valence-corrected chi connectivity index (χ2v) is 6.19. The molecule has 3 N–H and O–H groups in total. The number of phenols is 1. The maximum absolute atomic E-state index is 12.7. The Bertz CT molecular complexity index is 878. The highest BCUT2D eigenvalue weighted by Gasteiger charge is 2.30. The van der Waals surface area contributed by atoms with Gasteiger partial charge < -0.3 is 15.7 Å². The third kappa shape index (κ3) is 3.34. The zero-order valence-corrected chi connectivity index (χ0v) is 14.2. The number of nitrogens with zero attached hydrogens (tertiary/aromatic N) is 2. The number of carbonyl (C=O) groups is 2. The molecule has 0 fully saturated rings. The third-order valence-corrected chi connectivity index (χ3v) is 4.14. The number of anilines is 1. The maximum Gasteiger partial charge on any atom is 0.252 e. The molecule has 0 aliphatic carbocycles. The van der Waals surface area contributed by atoms with Crippen molar-refractivity contribution in [2.24, 2.45) is 10.7 Å². The summed E-state index contributed by atoms with van der Waals surface area (Å²) in [5, 5.41) is 9.99. The maximum atomic E-state index is 12.7. The van der Waals surface area contributed by atoms with Gasteiger partial charge in [-0.15, -0.1) is 0 Å². The van der Waals surface area contributed by atoms with Crippen molar-refractivity contribution in [1.82, 2.24) is 0 Å². The first-order valence-corrected chi connectivity index (χ1v) is 8.01. The predicted octanol–water partition coefficient (Wildman–Crippen LogP) is 2.10. The Morgan fingerprint density at radius 3 is 2.60 bits per heavy atom. The number of amides is 2. The SMILES string of the molecule is CC1N=C(c2ccc(O)cc2)c2cc(Cl)ccc2N(CC(N)=O)C1=O. The zero-order chi connectivity index (χ0) is 18.1. The predicted molar refractivity (Wildman–Crippen MR) is 96.2 cm³/mol. The molecule has 1 heterocycles. The van der Waals surface area contributed by atoms with Crippen LogP contribution in [0.4, 0.5) is 5.69 Å². The van der Waals surface area contributed by atoms with Crippen LogP contribution in [0.25, 0.3) is 0 Å². The fourth-order valence-corrected chi connectivity index (χ4v) is 2.94. The monoisotopic (exact) mass is 357 g/mol. The summed E-state index contributed by atoms with van der Waals surface area (Å²) < 4.78 is 0. The topological polar surface area (TPSA) is 96.0 Å². The molecule has 0 spiro atoms. The summed E-state index contributed by atoms with van der Waals surface area (Å²) >= 11 is 6.14. The van der Waals surface area contributed by atoms with Crippen LogP contribution in [0.1, 0.15) is 18.1 Å². The molecular weight excluding hydrogens is 342 g/mol. The number of hydrogen-bond donors (Lipinski definition) is 2. The lowest BCUT2D eigenvalue weighted by Crippen LogP contribution is -2.42. The normalized spacial score (nSPS) is 16.9. The molecule has 1 aliphatic heterocycles. The van der Waals surface area contributed by atoms with Crippen LogP contribution in [0.5, 0.6) is 5.75 Å². The Labute approximate surface area is 149 Å². The second kappa shape index (κ2) is 6.57. The number of halogens is 1. The highest BCUT2D eigenvalue weighted by Crippen LogP contribution is 2.31. The first-order chi connectivity index (χ1) is 11.9. The number of carbonyl (C=O) groups excluding carboxylic acids is 2. The van der Waals surface area contributed by atoms with Gasteiger partial charge in [-0.3, -0.25) is 14.6 Å². The van der Waals surface area contributed by atoms with E-state index in [9.17, 15) is 14.7 Å². The van der Waals surface area contributed by atoms with Gasteiger partial charge in [0, 0.05) is 16.1 Å². The Balaban J connectivity index is 2.22. The van der Waals surface area contributed by atoms with E-state index in [4.69, 9.17) is 17.3 Å². The van der Waals surface area contributed by atoms with Gasteiger partial charge in [-0.25, -0.2) is 0 Å². The van der Waals surface area contributed by atoms with Crippen LogP contribution in [-0.4, -0.2) is 35.2 Å². The average molecular weight is 358 g/mol. The molecule has 0 saturated heterocycles. The van der Waals surface area contributed by atoms with Gasteiger partial charge in [-0.05, 0) is 49.4 Å². The smallest absolute Gasteiger partial charge is 0.252 e. The highest BCUT2D eigenvalue weighted by molar-refractivity contribution is 6.32. The fraction of sp³-hybridized carbons (Fsp3) is 0.167. The van der Waals surface area contributed by atoms with Crippen LogP contribution in [0.3, 0.4) is 0 Å². The molecule has 0 saturated carbocycles. The number of aliphatic imine (C=N–C) groups is 1. The standard InChI is InChI=1S/C18H16ClN3O3/c1-10-18(25)22(9-16(20)24)15-7-4-12(19)8-14(15)17(21-10)11-2-5-13(23)6-3-11/h2-8,10,23H,9H2,1H3,(H2,20,24). The van der Waals surface area contributed by atoms with E-state index in [2.05, 4.69) is 4.99 Å². The van der Waals surface area contributed by atoms with Crippen molar-refractivity contribution in [3.05, 3.63) is 58.6 Å². The molecular formula is C18H16ClN3O3. The summed E-state index contributed by atoms with van der Waals surface area (Å²) in [6.45, 7) is 1.42. The first kappa shape index (κ1) is 17.0. The Hall–Kier alpha value is -2.86. The summed E-state index contributed by atoms with van der Waals surface area (Å²) in [4.78, 5) is 30.0. The number of rotatable bonds is 3. The number of fused-ring (bicyclic) bond motifs is 1. The van der Waals surface area contributed by atoms with Crippen molar-refractivity contribution in [3.63, 3.8) is 0 Å². The van der Waals surface area contributed by atoms with Crippen molar-refractivity contribution in [2.45, 2.75) is 13.0 Å². The van der Waals surface area contributed by atoms with Gasteiger partial charge in [0.1, 0.15) is 18.3 Å². The molecule has 0 aromatic heterocycles. The van der Waals surface area contributed by atoms with Gasteiger partial charge in [-0.1, -0.05) is 11.6 Å². The molecule has 1 atom stereocenters. The van der Waals surface area contributed by atoms with E-state index in [0.717, 1.165) is 5.56 Å². The number of benzene rings is 2. The molecule has 1 unspecified atom stereocenters. The minimum Gasteiger partial charge on any atom is -0.508 e. The number of hydrogen-bond acceptors (Lipinski definition) is 4. The molecule has 128 valence electrons. The largest absolute Gasteiger partial charge is 0.508 e. The van der Waals surface area contributed by atoms with Gasteiger partial charge in [-0.2, -0.15) is 0 Å². The van der Waals surface area contributed by atoms with Crippen LogP contribution in [-0.2, 0) is 9.59 Å². The summed E-state index contributed by atoms with van der Waals surface area (Å²) in [5.74, 6) is -0.811. The van der Waals surface area contributed by atoms with E-state index < -0.39 is 11.9 Å². The van der Waals surface area contributed by atoms with Crippen molar-refractivity contribution in [2.75, 3.05) is 11.4 Å². The highest BCUT2D eigenvalue weighted by atomic mass is 35.5. The molecule has 7 heteroatoms. The van der Waals surface area contributed by atoms with Crippen LogP contribution < -0.4 is 10.6 Å². The van der Waals surface area contributed by atoms with Crippen molar-refractivity contribution >= 4 is 34.8 Å². The van der Waals surface area contributed by atoms with Gasteiger partial charge in [0.15, 0.2) is 0 Å². The minimum atomic E-state index is -0.700.